The minimum Gasteiger partial charge on any atom is -0.510 e. The first kappa shape index (κ1) is 38.5. The monoisotopic (exact) mass is 701 g/mol. The Morgan fingerprint density at radius 1 is 0.769 bits per heavy atom. The van der Waals surface area contributed by atoms with Crippen LogP contribution in [0, 0.1) is 27.1 Å². The van der Waals surface area contributed by atoms with Crippen LogP contribution in [0.25, 0.3) is 11.1 Å². The molecule has 1 aliphatic rings. The predicted octanol–water partition coefficient (Wildman–Crippen LogP) is 9.11. The van der Waals surface area contributed by atoms with Crippen molar-refractivity contribution < 1.29 is 33.5 Å². The van der Waals surface area contributed by atoms with Gasteiger partial charge in [0.05, 0.1) is 16.7 Å². The lowest BCUT2D eigenvalue weighted by Gasteiger charge is -2.49. The molecule has 7 nitrogen and oxygen atoms in total. The zero-order valence-electron chi connectivity index (χ0n) is 31.3. The maximum Gasteiger partial charge on any atom is 0.571 e. The predicted molar refractivity (Wildman–Crippen MR) is 203 cm³/mol. The number of ether oxygens (including phenoxy) is 2. The van der Waals surface area contributed by atoms with Gasteiger partial charge in [0.15, 0.2) is 0 Å². The van der Waals surface area contributed by atoms with Crippen LogP contribution in [0.5, 0.6) is 5.75 Å². The van der Waals surface area contributed by atoms with Gasteiger partial charge < -0.3 is 19.2 Å². The molecule has 0 saturated heterocycles. The molecular weight excluding hydrogens is 651 g/mol. The van der Waals surface area contributed by atoms with Gasteiger partial charge in [0.2, 0.25) is 0 Å². The van der Waals surface area contributed by atoms with Gasteiger partial charge in [0.25, 0.3) is 5.97 Å². The van der Waals surface area contributed by atoms with Crippen LogP contribution in [0.15, 0.2) is 115 Å². The summed E-state index contributed by atoms with van der Waals surface area (Å²) in [7, 11) is 0.395. The zero-order valence-corrected chi connectivity index (χ0v) is 31.3. The molecular formula is C44H50BO7. The first-order chi connectivity index (χ1) is 24.6. The molecule has 1 fully saturated rings. The Kier molecular flexibility index (Phi) is 11.2. The molecule has 271 valence electrons. The highest BCUT2D eigenvalue weighted by atomic mass is 16.6. The van der Waals surface area contributed by atoms with Crippen LogP contribution < -0.4 is 4.74 Å². The van der Waals surface area contributed by atoms with E-state index in [-0.39, 0.29) is 19.0 Å². The normalized spacial score (nSPS) is 20.2. The molecule has 0 spiro atoms. The molecule has 0 aliphatic heterocycles. The van der Waals surface area contributed by atoms with Gasteiger partial charge in [-0.15, -0.1) is 0 Å². The van der Waals surface area contributed by atoms with E-state index in [2.05, 4.69) is 20.8 Å². The second-order valence-electron chi connectivity index (χ2n) is 16.2. The average Bonchev–Trinajstić information content (AvgIpc) is 3.74. The molecule has 0 aromatic heterocycles. The maximum atomic E-state index is 14.8. The quantitative estimate of drug-likeness (QED) is 0.0750. The molecule has 0 amide bonds. The van der Waals surface area contributed by atoms with E-state index in [4.69, 9.17) is 14.1 Å². The minimum atomic E-state index is -1.18. The van der Waals surface area contributed by atoms with E-state index < -0.39 is 44.9 Å². The van der Waals surface area contributed by atoms with Gasteiger partial charge in [-0.05, 0) is 83.7 Å². The Bertz CT molecular complexity index is 1840. The van der Waals surface area contributed by atoms with Crippen molar-refractivity contribution in [3.05, 3.63) is 126 Å². The van der Waals surface area contributed by atoms with Gasteiger partial charge in [0.1, 0.15) is 12.4 Å². The second-order valence-corrected chi connectivity index (χ2v) is 16.2. The van der Waals surface area contributed by atoms with Gasteiger partial charge in [-0.25, -0.2) is 0 Å². The van der Waals surface area contributed by atoms with Crippen LogP contribution in [-0.2, 0) is 30.4 Å². The molecule has 5 rings (SSSR count). The summed E-state index contributed by atoms with van der Waals surface area (Å²) in [6.45, 7) is 14.3. The van der Waals surface area contributed by atoms with Crippen LogP contribution >= 0.6 is 0 Å². The van der Waals surface area contributed by atoms with E-state index in [0.717, 1.165) is 16.7 Å². The molecule has 0 bridgehead atoms. The highest BCUT2D eigenvalue weighted by Crippen LogP contribution is 2.74. The van der Waals surface area contributed by atoms with Crippen LogP contribution in [0.1, 0.15) is 84.8 Å². The molecule has 1 saturated carbocycles. The summed E-state index contributed by atoms with van der Waals surface area (Å²) in [5.41, 5.74) is -0.215. The number of hydrogen-bond acceptors (Lipinski definition) is 7. The fraction of sp³-hybridized carbons (Fsp3) is 0.386. The Morgan fingerprint density at radius 2 is 1.31 bits per heavy atom. The molecule has 52 heavy (non-hydrogen) atoms. The zero-order chi connectivity index (χ0) is 37.8. The molecule has 4 aromatic rings. The Labute approximate surface area is 309 Å². The second kappa shape index (κ2) is 15.1. The third-order valence-corrected chi connectivity index (χ3v) is 12.2. The fourth-order valence-electron chi connectivity index (χ4n) is 7.95. The molecule has 8 heteroatoms. The molecule has 1 N–H and O–H groups in total. The Morgan fingerprint density at radius 3 is 1.88 bits per heavy atom. The highest BCUT2D eigenvalue weighted by molar-refractivity contribution is 6.20. The largest absolute Gasteiger partial charge is 0.571 e. The lowest BCUT2D eigenvalue weighted by Crippen LogP contribution is -2.50. The molecule has 1 aliphatic carbocycles. The lowest BCUT2D eigenvalue weighted by molar-refractivity contribution is -0.160. The van der Waals surface area contributed by atoms with Crippen LogP contribution in [0.4, 0.5) is 0 Å². The summed E-state index contributed by atoms with van der Waals surface area (Å²) < 4.78 is 17.1. The van der Waals surface area contributed by atoms with Crippen LogP contribution in [-0.4, -0.2) is 30.6 Å². The van der Waals surface area contributed by atoms with E-state index in [1.54, 1.807) is 12.1 Å². The third-order valence-electron chi connectivity index (χ3n) is 12.2. The van der Waals surface area contributed by atoms with E-state index in [9.17, 15) is 19.4 Å². The lowest BCUT2D eigenvalue weighted by atomic mass is 9.54. The molecule has 0 heterocycles. The minimum absolute atomic E-state index is 0.189. The Balaban J connectivity index is 1.46. The topological polar surface area (TPSA) is 99.1 Å². The van der Waals surface area contributed by atoms with Crippen molar-refractivity contribution in [2.45, 2.75) is 80.3 Å². The maximum absolute atomic E-state index is 14.8. The van der Waals surface area contributed by atoms with Gasteiger partial charge >= 0.3 is 19.6 Å². The SMILES string of the molecule is CC(C)(CC(C(=O)O[B]O)c1ccccc1)C(C)(CC(C)(C)C1(C)CC1(C)C(=O)OCc1ccccc1)C(=O)Oc1ccc(-c2ccccc2)cc1. The fourth-order valence-corrected chi connectivity index (χ4v) is 7.95. The van der Waals surface area contributed by atoms with Crippen molar-refractivity contribution in [2.24, 2.45) is 27.1 Å². The molecule has 4 unspecified atom stereocenters. The summed E-state index contributed by atoms with van der Waals surface area (Å²) in [4.78, 5) is 41.8. The van der Waals surface area contributed by atoms with Crippen molar-refractivity contribution in [1.82, 2.24) is 0 Å². The summed E-state index contributed by atoms with van der Waals surface area (Å²) in [6.07, 6.45) is 1.15. The van der Waals surface area contributed by atoms with E-state index in [1.165, 1.54) is 0 Å². The summed E-state index contributed by atoms with van der Waals surface area (Å²) in [6, 6.07) is 36.2. The van der Waals surface area contributed by atoms with E-state index in [0.29, 0.717) is 31.8 Å². The first-order valence-electron chi connectivity index (χ1n) is 17.9. The number of rotatable bonds is 15. The summed E-state index contributed by atoms with van der Waals surface area (Å²) >= 11 is 0. The van der Waals surface area contributed by atoms with E-state index >= 15 is 0 Å². The number of hydrogen-bond donors (Lipinski definition) is 1. The van der Waals surface area contributed by atoms with Gasteiger partial charge in [-0.3, -0.25) is 14.4 Å². The third kappa shape index (κ3) is 7.73. The first-order valence-corrected chi connectivity index (χ1v) is 17.9. The van der Waals surface area contributed by atoms with Crippen molar-refractivity contribution in [3.8, 4) is 16.9 Å². The molecule has 4 aromatic carbocycles. The van der Waals surface area contributed by atoms with Gasteiger partial charge in [0, 0.05) is 0 Å². The summed E-state index contributed by atoms with van der Waals surface area (Å²) in [5, 5.41) is 9.40. The van der Waals surface area contributed by atoms with Crippen molar-refractivity contribution >= 4 is 25.6 Å². The molecule has 4 atom stereocenters. The van der Waals surface area contributed by atoms with E-state index in [1.807, 2.05) is 131 Å². The number of esters is 2. The van der Waals surface area contributed by atoms with Gasteiger partial charge in [-0.2, -0.15) is 0 Å². The van der Waals surface area contributed by atoms with Crippen molar-refractivity contribution in [1.29, 1.82) is 0 Å². The number of benzene rings is 4. The Hall–Kier alpha value is -4.69. The molecule has 1 radical (unpaired) electrons. The van der Waals surface area contributed by atoms with Crippen molar-refractivity contribution in [2.75, 3.05) is 0 Å². The highest BCUT2D eigenvalue weighted by Gasteiger charge is 2.73. The van der Waals surface area contributed by atoms with Crippen LogP contribution in [0.3, 0.4) is 0 Å². The summed E-state index contributed by atoms with van der Waals surface area (Å²) in [5.74, 6) is -1.71. The van der Waals surface area contributed by atoms with Gasteiger partial charge in [-0.1, -0.05) is 138 Å². The van der Waals surface area contributed by atoms with Crippen molar-refractivity contribution in [3.63, 3.8) is 0 Å². The smallest absolute Gasteiger partial charge is 0.510 e. The standard InChI is InChI=1S/C44H50BO7/c1-40(2,27-36(37(46)52-45-49)34-21-15-10-16-22-34)42(5,39(48)51-35-25-23-33(24-26-35)32-19-13-9-14-20-32)29-41(3,4)44(7)30-43(44,6)38(47)50-28-31-17-11-8-12-18-31/h8-26,36,49H,27-30H2,1-7H3. The number of carbonyl (C=O) groups excluding carboxylic acids is 3. The van der Waals surface area contributed by atoms with Crippen LogP contribution in [0.2, 0.25) is 0 Å². The number of carbonyl (C=O) groups is 3. The average molecular weight is 702 g/mol.